The molecule has 0 bridgehead atoms. The van der Waals surface area contributed by atoms with Crippen molar-refractivity contribution in [1.82, 2.24) is 15.6 Å². The summed E-state index contributed by atoms with van der Waals surface area (Å²) in [6, 6.07) is 10.2. The van der Waals surface area contributed by atoms with Crippen LogP contribution in [0.1, 0.15) is 48.9 Å². The molecule has 2 N–H and O–H groups in total. The van der Waals surface area contributed by atoms with Gasteiger partial charge in [0.25, 0.3) is 5.91 Å². The largest absolute Gasteiger partial charge is 0.351 e. The van der Waals surface area contributed by atoms with Crippen molar-refractivity contribution in [1.29, 1.82) is 0 Å². The summed E-state index contributed by atoms with van der Waals surface area (Å²) in [5.74, 6) is -0.0445. The second-order valence-electron chi connectivity index (χ2n) is 6.28. The number of hydrogen-bond donors (Lipinski definition) is 2. The SMILES string of the molecule is Cl.Cl.O=C(NCCNC1CCCCCC1)c1cccc2cccnc12. The average molecular weight is 384 g/mol. The van der Waals surface area contributed by atoms with Gasteiger partial charge in [-0.05, 0) is 25.0 Å². The number of nitrogens with zero attached hydrogens (tertiary/aromatic N) is 1. The van der Waals surface area contributed by atoms with E-state index in [9.17, 15) is 4.79 Å². The van der Waals surface area contributed by atoms with Gasteiger partial charge in [-0.3, -0.25) is 9.78 Å². The van der Waals surface area contributed by atoms with Crippen molar-refractivity contribution in [3.63, 3.8) is 0 Å². The molecule has 1 saturated carbocycles. The summed E-state index contributed by atoms with van der Waals surface area (Å²) in [5, 5.41) is 7.58. The van der Waals surface area contributed by atoms with Crippen molar-refractivity contribution in [2.75, 3.05) is 13.1 Å². The minimum absolute atomic E-state index is 0. The molecule has 1 aliphatic carbocycles. The molecular weight excluding hydrogens is 357 g/mol. The Bertz CT molecular complexity index is 653. The van der Waals surface area contributed by atoms with Crippen molar-refractivity contribution in [3.05, 3.63) is 42.1 Å². The Hall–Kier alpha value is -1.36. The summed E-state index contributed by atoms with van der Waals surface area (Å²) in [6.45, 7) is 1.48. The van der Waals surface area contributed by atoms with E-state index in [0.717, 1.165) is 17.4 Å². The fourth-order valence-electron chi connectivity index (χ4n) is 3.32. The first kappa shape index (κ1) is 21.7. The maximum atomic E-state index is 12.4. The van der Waals surface area contributed by atoms with Gasteiger partial charge in [0.2, 0.25) is 0 Å². The highest BCUT2D eigenvalue weighted by molar-refractivity contribution is 6.05. The van der Waals surface area contributed by atoms with Crippen LogP contribution in [0.3, 0.4) is 0 Å². The normalized spacial score (nSPS) is 14.9. The van der Waals surface area contributed by atoms with Crippen LogP contribution in [0.5, 0.6) is 0 Å². The lowest BCUT2D eigenvalue weighted by atomic mass is 10.1. The van der Waals surface area contributed by atoms with Crippen LogP contribution in [0.15, 0.2) is 36.5 Å². The molecule has 0 spiro atoms. The van der Waals surface area contributed by atoms with E-state index in [-0.39, 0.29) is 30.7 Å². The predicted octanol–water partition coefficient (Wildman–Crippen LogP) is 4.12. The topological polar surface area (TPSA) is 54.0 Å². The fraction of sp³-hybridized carbons (Fsp3) is 0.474. The highest BCUT2D eigenvalue weighted by Gasteiger charge is 2.12. The number of carbonyl (C=O) groups excluding carboxylic acids is 1. The Morgan fingerprint density at radius 2 is 1.72 bits per heavy atom. The van der Waals surface area contributed by atoms with E-state index in [2.05, 4.69) is 15.6 Å². The lowest BCUT2D eigenvalue weighted by molar-refractivity contribution is 0.0955. The van der Waals surface area contributed by atoms with Crippen molar-refractivity contribution in [3.8, 4) is 0 Å². The first-order chi connectivity index (χ1) is 11.3. The predicted molar refractivity (Wildman–Crippen MR) is 108 cm³/mol. The Labute approximate surface area is 162 Å². The molecule has 1 aliphatic rings. The van der Waals surface area contributed by atoms with Gasteiger partial charge in [-0.25, -0.2) is 0 Å². The molecule has 0 unspecified atom stereocenters. The van der Waals surface area contributed by atoms with E-state index in [1.54, 1.807) is 6.20 Å². The number of aromatic nitrogens is 1. The maximum Gasteiger partial charge on any atom is 0.253 e. The third kappa shape index (κ3) is 6.14. The molecule has 1 aromatic heterocycles. The van der Waals surface area contributed by atoms with Gasteiger partial charge < -0.3 is 10.6 Å². The number of nitrogens with one attached hydrogen (secondary N) is 2. The third-order valence-corrected chi connectivity index (χ3v) is 4.58. The number of rotatable bonds is 5. The Morgan fingerprint density at radius 1 is 1.00 bits per heavy atom. The molecule has 1 aromatic carbocycles. The van der Waals surface area contributed by atoms with E-state index >= 15 is 0 Å². The highest BCUT2D eigenvalue weighted by Crippen LogP contribution is 2.17. The molecule has 25 heavy (non-hydrogen) atoms. The van der Waals surface area contributed by atoms with E-state index in [4.69, 9.17) is 0 Å². The van der Waals surface area contributed by atoms with E-state index < -0.39 is 0 Å². The van der Waals surface area contributed by atoms with Crippen LogP contribution in [0.2, 0.25) is 0 Å². The molecule has 3 rings (SSSR count). The summed E-state index contributed by atoms with van der Waals surface area (Å²) >= 11 is 0. The Balaban J connectivity index is 0.00000156. The van der Waals surface area contributed by atoms with Crippen molar-refractivity contribution in [2.24, 2.45) is 0 Å². The van der Waals surface area contributed by atoms with Gasteiger partial charge in [-0.2, -0.15) is 0 Å². The number of pyridine rings is 1. The van der Waals surface area contributed by atoms with E-state index in [0.29, 0.717) is 18.2 Å². The molecule has 0 saturated heterocycles. The average Bonchev–Trinajstić information content (AvgIpc) is 2.87. The van der Waals surface area contributed by atoms with Crippen molar-refractivity contribution in [2.45, 2.75) is 44.6 Å². The van der Waals surface area contributed by atoms with E-state index in [1.807, 2.05) is 30.3 Å². The molecule has 4 nitrogen and oxygen atoms in total. The molecule has 0 atom stereocenters. The molecule has 1 amide bonds. The smallest absolute Gasteiger partial charge is 0.253 e. The van der Waals surface area contributed by atoms with Crippen molar-refractivity contribution < 1.29 is 4.79 Å². The monoisotopic (exact) mass is 383 g/mol. The lowest BCUT2D eigenvalue weighted by Gasteiger charge is -2.16. The van der Waals surface area contributed by atoms with Crippen LogP contribution in [0.4, 0.5) is 0 Å². The summed E-state index contributed by atoms with van der Waals surface area (Å²) in [6.07, 6.45) is 9.64. The molecular formula is C19H27Cl2N3O. The molecule has 2 aromatic rings. The number of amides is 1. The maximum absolute atomic E-state index is 12.4. The first-order valence-electron chi connectivity index (χ1n) is 8.70. The van der Waals surface area contributed by atoms with Gasteiger partial charge in [0.15, 0.2) is 0 Å². The van der Waals surface area contributed by atoms with Crippen LogP contribution < -0.4 is 10.6 Å². The summed E-state index contributed by atoms with van der Waals surface area (Å²) in [5.41, 5.74) is 1.42. The molecule has 1 fully saturated rings. The Morgan fingerprint density at radius 3 is 2.48 bits per heavy atom. The molecule has 138 valence electrons. The number of carbonyl (C=O) groups is 1. The standard InChI is InChI=1S/C19H25N3O.2ClH/c23-19(17-11-5-7-15-8-6-12-21-18(15)17)22-14-13-20-16-9-3-1-2-4-10-16;;/h5-8,11-12,16,20H,1-4,9-10,13-14H2,(H,22,23);2*1H. The number of fused-ring (bicyclic) bond motifs is 1. The zero-order valence-electron chi connectivity index (χ0n) is 14.4. The summed E-state index contributed by atoms with van der Waals surface area (Å²) < 4.78 is 0. The van der Waals surface area contributed by atoms with Gasteiger partial charge >= 0.3 is 0 Å². The van der Waals surface area contributed by atoms with Crippen molar-refractivity contribution >= 4 is 41.6 Å². The molecule has 0 radical (unpaired) electrons. The van der Waals surface area contributed by atoms with Gasteiger partial charge in [0, 0.05) is 30.7 Å². The Kier molecular flexibility index (Phi) is 9.79. The zero-order valence-corrected chi connectivity index (χ0v) is 16.0. The van der Waals surface area contributed by atoms with Crippen LogP contribution in [0.25, 0.3) is 10.9 Å². The number of halogens is 2. The third-order valence-electron chi connectivity index (χ3n) is 4.58. The van der Waals surface area contributed by atoms with Gasteiger partial charge in [0.05, 0.1) is 11.1 Å². The molecule has 0 aliphatic heterocycles. The lowest BCUT2D eigenvalue weighted by Crippen LogP contribution is -2.36. The number of benzene rings is 1. The van der Waals surface area contributed by atoms with Crippen LogP contribution in [-0.4, -0.2) is 30.0 Å². The quantitative estimate of drug-likeness (QED) is 0.602. The summed E-state index contributed by atoms with van der Waals surface area (Å²) in [4.78, 5) is 16.7. The van der Waals surface area contributed by atoms with Crippen LogP contribution in [0, 0.1) is 0 Å². The minimum atomic E-state index is -0.0445. The fourth-order valence-corrected chi connectivity index (χ4v) is 3.32. The second kappa shape index (κ2) is 11.3. The second-order valence-corrected chi connectivity index (χ2v) is 6.28. The van der Waals surface area contributed by atoms with Crippen LogP contribution in [-0.2, 0) is 0 Å². The summed E-state index contributed by atoms with van der Waals surface area (Å²) in [7, 11) is 0. The number of hydrogen-bond acceptors (Lipinski definition) is 3. The highest BCUT2D eigenvalue weighted by atomic mass is 35.5. The van der Waals surface area contributed by atoms with E-state index in [1.165, 1.54) is 38.5 Å². The van der Waals surface area contributed by atoms with Gasteiger partial charge in [-0.1, -0.05) is 43.9 Å². The number of para-hydroxylation sites is 1. The first-order valence-corrected chi connectivity index (χ1v) is 8.70. The van der Waals surface area contributed by atoms with Crippen LogP contribution >= 0.6 is 24.8 Å². The minimum Gasteiger partial charge on any atom is -0.351 e. The zero-order chi connectivity index (χ0) is 15.9. The van der Waals surface area contributed by atoms with Gasteiger partial charge in [0.1, 0.15) is 0 Å². The van der Waals surface area contributed by atoms with Gasteiger partial charge in [-0.15, -0.1) is 24.8 Å². The molecule has 6 heteroatoms. The molecule has 1 heterocycles.